The summed E-state index contributed by atoms with van der Waals surface area (Å²) in [4.78, 5) is 27.5. The number of nitrogens with one attached hydrogen (secondary N) is 2. The van der Waals surface area contributed by atoms with Gasteiger partial charge in [-0.15, -0.1) is 0 Å². The van der Waals surface area contributed by atoms with Crippen LogP contribution in [0, 0.1) is 11.3 Å². The van der Waals surface area contributed by atoms with Crippen molar-refractivity contribution in [2.45, 2.75) is 64.3 Å². The van der Waals surface area contributed by atoms with Gasteiger partial charge in [0.25, 0.3) is 0 Å². The SMILES string of the molecule is COc1cc(CN(C(=O)OC(C)(C)C)C2CCOCC2)ccc1C1CC(=Nc2cnc(C#N)cn2)NN1. The molecule has 0 spiro atoms. The third kappa shape index (κ3) is 6.93. The standard InChI is InChI=1S/C26H33N7O4/c1-26(2,3)37-25(34)33(19-7-9-36-10-8-19)16-17-5-6-20(22(11-17)35-4)21-12-23(32-31-21)30-24-15-28-18(13-27)14-29-24/h5-6,11,14-15,19,21,31H,7-10,12,16H2,1-4H3,(H,29,30,32). The van der Waals surface area contributed by atoms with E-state index in [4.69, 9.17) is 19.5 Å². The summed E-state index contributed by atoms with van der Waals surface area (Å²) in [6, 6.07) is 7.91. The average Bonchev–Trinajstić information content (AvgIpc) is 3.35. The van der Waals surface area contributed by atoms with Crippen LogP contribution in [-0.2, 0) is 16.0 Å². The molecule has 37 heavy (non-hydrogen) atoms. The van der Waals surface area contributed by atoms with Crippen molar-refractivity contribution in [1.82, 2.24) is 25.7 Å². The van der Waals surface area contributed by atoms with Crippen LogP contribution < -0.4 is 15.6 Å². The van der Waals surface area contributed by atoms with Crippen LogP contribution in [0.2, 0.25) is 0 Å². The normalized spacial score (nSPS) is 19.2. The van der Waals surface area contributed by atoms with Crippen molar-refractivity contribution in [3.8, 4) is 11.8 Å². The molecule has 2 aliphatic heterocycles. The maximum Gasteiger partial charge on any atom is 0.410 e. The highest BCUT2D eigenvalue weighted by atomic mass is 16.6. The molecule has 1 unspecified atom stereocenters. The second kappa shape index (κ2) is 11.5. The minimum Gasteiger partial charge on any atom is -0.496 e. The number of nitriles is 1. The van der Waals surface area contributed by atoms with Crippen molar-refractivity contribution >= 4 is 17.7 Å². The number of hydrogen-bond donors (Lipinski definition) is 2. The summed E-state index contributed by atoms with van der Waals surface area (Å²) in [5.74, 6) is 1.83. The molecule has 2 fully saturated rings. The van der Waals surface area contributed by atoms with Crippen LogP contribution in [-0.4, -0.2) is 58.8 Å². The fourth-order valence-electron chi connectivity index (χ4n) is 4.30. The lowest BCUT2D eigenvalue weighted by molar-refractivity contribution is -0.00810. The molecule has 2 saturated heterocycles. The number of methoxy groups -OCH3 is 1. The molecule has 11 nitrogen and oxygen atoms in total. The van der Waals surface area contributed by atoms with Crippen molar-refractivity contribution in [1.29, 1.82) is 5.26 Å². The number of hydrogen-bond acceptors (Lipinski definition) is 9. The monoisotopic (exact) mass is 507 g/mol. The number of aromatic nitrogens is 2. The molecule has 1 amide bonds. The second-order valence-electron chi connectivity index (χ2n) is 9.98. The first-order chi connectivity index (χ1) is 17.8. The largest absolute Gasteiger partial charge is 0.496 e. The molecular formula is C26H33N7O4. The van der Waals surface area contributed by atoms with E-state index in [2.05, 4.69) is 25.8 Å². The minimum absolute atomic E-state index is 0.0547. The summed E-state index contributed by atoms with van der Waals surface area (Å²) in [6.07, 6.45) is 4.67. The topological polar surface area (TPSA) is 134 Å². The Morgan fingerprint density at radius 3 is 2.70 bits per heavy atom. The Morgan fingerprint density at radius 2 is 2.05 bits per heavy atom. The van der Waals surface area contributed by atoms with E-state index in [1.54, 1.807) is 12.0 Å². The third-order valence-corrected chi connectivity index (χ3v) is 6.08. The van der Waals surface area contributed by atoms with Gasteiger partial charge in [-0.05, 0) is 45.2 Å². The molecule has 0 radical (unpaired) electrons. The van der Waals surface area contributed by atoms with Crippen LogP contribution in [0.15, 0.2) is 35.6 Å². The Labute approximate surface area is 216 Å². The van der Waals surface area contributed by atoms with E-state index in [9.17, 15) is 4.79 Å². The summed E-state index contributed by atoms with van der Waals surface area (Å²) < 4.78 is 17.0. The van der Waals surface area contributed by atoms with E-state index in [1.165, 1.54) is 12.4 Å². The van der Waals surface area contributed by atoms with Crippen LogP contribution in [0.25, 0.3) is 0 Å². The van der Waals surface area contributed by atoms with Gasteiger partial charge in [0.05, 0.1) is 25.5 Å². The van der Waals surface area contributed by atoms with Gasteiger partial charge >= 0.3 is 6.09 Å². The van der Waals surface area contributed by atoms with E-state index in [0.29, 0.717) is 43.6 Å². The number of ether oxygens (including phenoxy) is 3. The zero-order valence-corrected chi connectivity index (χ0v) is 21.7. The highest BCUT2D eigenvalue weighted by Gasteiger charge is 2.31. The number of benzene rings is 1. The minimum atomic E-state index is -0.578. The van der Waals surface area contributed by atoms with Gasteiger partial charge in [-0.25, -0.2) is 25.2 Å². The fourth-order valence-corrected chi connectivity index (χ4v) is 4.30. The lowest BCUT2D eigenvalue weighted by Crippen LogP contribution is -2.45. The second-order valence-corrected chi connectivity index (χ2v) is 9.98. The maximum atomic E-state index is 13.1. The molecule has 3 heterocycles. The first kappa shape index (κ1) is 26.3. The lowest BCUT2D eigenvalue weighted by Gasteiger charge is -2.35. The van der Waals surface area contributed by atoms with Gasteiger partial charge in [0.15, 0.2) is 11.5 Å². The van der Waals surface area contributed by atoms with Crippen LogP contribution in [0.1, 0.15) is 62.9 Å². The summed E-state index contributed by atoms with van der Waals surface area (Å²) in [7, 11) is 1.64. The predicted molar refractivity (Wildman–Crippen MR) is 136 cm³/mol. The van der Waals surface area contributed by atoms with Gasteiger partial charge in [0.1, 0.15) is 23.3 Å². The van der Waals surface area contributed by atoms with Crippen molar-refractivity contribution in [2.75, 3.05) is 20.3 Å². The first-order valence-electron chi connectivity index (χ1n) is 12.3. The summed E-state index contributed by atoms with van der Waals surface area (Å²) in [5, 5.41) is 8.88. The highest BCUT2D eigenvalue weighted by molar-refractivity contribution is 5.86. The summed E-state index contributed by atoms with van der Waals surface area (Å²) in [6.45, 7) is 7.29. The van der Waals surface area contributed by atoms with E-state index in [0.717, 1.165) is 24.0 Å². The van der Waals surface area contributed by atoms with Crippen molar-refractivity contribution in [2.24, 2.45) is 4.99 Å². The molecule has 2 aliphatic rings. The van der Waals surface area contributed by atoms with Crippen LogP contribution in [0.5, 0.6) is 5.75 Å². The molecule has 1 atom stereocenters. The van der Waals surface area contributed by atoms with E-state index >= 15 is 0 Å². The number of nitrogens with zero attached hydrogens (tertiary/aromatic N) is 5. The number of carbonyl (C=O) groups excluding carboxylic acids is 1. The van der Waals surface area contributed by atoms with Gasteiger partial charge in [-0.1, -0.05) is 12.1 Å². The average molecular weight is 508 g/mol. The fraction of sp³-hybridized carbons (Fsp3) is 0.500. The number of amidine groups is 1. The van der Waals surface area contributed by atoms with Gasteiger partial charge in [-0.2, -0.15) is 5.26 Å². The van der Waals surface area contributed by atoms with Crippen molar-refractivity contribution in [3.63, 3.8) is 0 Å². The summed E-state index contributed by atoms with van der Waals surface area (Å²) in [5.41, 5.74) is 7.90. The third-order valence-electron chi connectivity index (χ3n) is 6.08. The molecule has 1 aromatic carbocycles. The Kier molecular flexibility index (Phi) is 8.21. The molecule has 2 aromatic rings. The Bertz CT molecular complexity index is 1160. The smallest absolute Gasteiger partial charge is 0.410 e. The lowest BCUT2D eigenvalue weighted by atomic mass is 10.0. The summed E-state index contributed by atoms with van der Waals surface area (Å²) >= 11 is 0. The molecule has 196 valence electrons. The van der Waals surface area contributed by atoms with Crippen LogP contribution in [0.3, 0.4) is 0 Å². The molecule has 0 saturated carbocycles. The molecule has 0 bridgehead atoms. The number of rotatable bonds is 6. The van der Waals surface area contributed by atoms with Crippen molar-refractivity contribution < 1.29 is 19.0 Å². The van der Waals surface area contributed by atoms with Gasteiger partial charge in [0.2, 0.25) is 0 Å². The van der Waals surface area contributed by atoms with Gasteiger partial charge < -0.3 is 24.5 Å². The Balaban J connectivity index is 1.49. The number of carbonyl (C=O) groups is 1. The predicted octanol–water partition coefficient (Wildman–Crippen LogP) is 3.54. The Hall–Kier alpha value is -3.75. The number of amides is 1. The van der Waals surface area contributed by atoms with E-state index in [1.807, 2.05) is 45.0 Å². The first-order valence-corrected chi connectivity index (χ1v) is 12.3. The highest BCUT2D eigenvalue weighted by Crippen LogP contribution is 2.31. The molecule has 2 N–H and O–H groups in total. The molecule has 4 rings (SSSR count). The Morgan fingerprint density at radius 1 is 1.27 bits per heavy atom. The van der Waals surface area contributed by atoms with Crippen molar-refractivity contribution in [3.05, 3.63) is 47.4 Å². The van der Waals surface area contributed by atoms with Crippen LogP contribution in [0.4, 0.5) is 10.6 Å². The van der Waals surface area contributed by atoms with Gasteiger partial charge in [-0.3, -0.25) is 0 Å². The van der Waals surface area contributed by atoms with Crippen LogP contribution >= 0.6 is 0 Å². The quantitative estimate of drug-likeness (QED) is 0.602. The zero-order chi connectivity index (χ0) is 26.4. The van der Waals surface area contributed by atoms with E-state index < -0.39 is 5.60 Å². The number of hydrazine groups is 1. The molecule has 11 heteroatoms. The molecular weight excluding hydrogens is 474 g/mol. The maximum absolute atomic E-state index is 13.1. The number of aliphatic imine (C=N–C) groups is 1. The zero-order valence-electron chi connectivity index (χ0n) is 21.7. The van der Waals surface area contributed by atoms with Gasteiger partial charge in [0, 0.05) is 37.8 Å². The molecule has 0 aliphatic carbocycles. The van der Waals surface area contributed by atoms with E-state index in [-0.39, 0.29) is 23.9 Å². The molecule has 1 aromatic heterocycles.